The van der Waals surface area contributed by atoms with Gasteiger partial charge in [0.1, 0.15) is 0 Å². The smallest absolute Gasteiger partial charge is 0.398 e. The Hall–Kier alpha value is -2.14. The van der Waals surface area contributed by atoms with Crippen LogP contribution < -0.4 is 9.64 Å². The van der Waals surface area contributed by atoms with Crippen LogP contribution in [0.2, 0.25) is 0 Å². The lowest BCUT2D eigenvalue weighted by Gasteiger charge is -2.16. The monoisotopic (exact) mass is 391 g/mol. The number of hydrogen-bond donors (Lipinski definition) is 0. The number of alkyl halides is 2. The number of hydrogen-bond acceptors (Lipinski definition) is 7. The Bertz CT molecular complexity index is 841. The summed E-state index contributed by atoms with van der Waals surface area (Å²) in [7, 11) is -3.14. The number of halogens is 2. The lowest BCUT2D eigenvalue weighted by atomic mass is 10.3. The molecule has 1 aromatic heterocycles. The second kappa shape index (κ2) is 7.40. The number of para-hydroxylation sites is 1. The van der Waals surface area contributed by atoms with Crippen molar-refractivity contribution in [1.82, 2.24) is 10.2 Å². The van der Waals surface area contributed by atoms with E-state index >= 15 is 0 Å². The van der Waals surface area contributed by atoms with E-state index in [0.717, 1.165) is 6.92 Å². The molecule has 136 valence electrons. The van der Waals surface area contributed by atoms with Gasteiger partial charge < -0.3 is 9.64 Å². The Morgan fingerprint density at radius 2 is 1.92 bits per heavy atom. The van der Waals surface area contributed by atoms with Gasteiger partial charge in [0, 0.05) is 12.7 Å². The van der Waals surface area contributed by atoms with E-state index in [1.54, 1.807) is 30.3 Å². The molecule has 0 N–H and O–H groups in total. The first-order valence-corrected chi connectivity index (χ1v) is 9.54. The molecule has 11 heteroatoms. The van der Waals surface area contributed by atoms with E-state index in [1.807, 2.05) is 0 Å². The first-order chi connectivity index (χ1) is 11.7. The van der Waals surface area contributed by atoms with Gasteiger partial charge in [-0.15, -0.1) is 5.10 Å². The molecule has 7 nitrogen and oxygen atoms in total. The molecule has 0 atom stereocenters. The van der Waals surface area contributed by atoms with Crippen molar-refractivity contribution in [2.24, 2.45) is 0 Å². The Labute approximate surface area is 147 Å². The zero-order valence-corrected chi connectivity index (χ0v) is 15.0. The Kier molecular flexibility index (Phi) is 5.68. The molecule has 1 heterocycles. The highest BCUT2D eigenvalue weighted by Crippen LogP contribution is 2.38. The molecule has 2 aromatic rings. The molecule has 0 unspecified atom stereocenters. The van der Waals surface area contributed by atoms with E-state index in [2.05, 4.69) is 10.2 Å². The van der Waals surface area contributed by atoms with Crippen molar-refractivity contribution in [3.63, 3.8) is 0 Å². The average molecular weight is 391 g/mol. The maximum atomic E-state index is 13.9. The highest BCUT2D eigenvalue weighted by Gasteiger charge is 2.49. The number of aromatic nitrogens is 2. The maximum absolute atomic E-state index is 13.9. The van der Waals surface area contributed by atoms with Gasteiger partial charge >= 0.3 is 5.25 Å². The van der Waals surface area contributed by atoms with Crippen molar-refractivity contribution in [2.75, 3.05) is 24.3 Å². The van der Waals surface area contributed by atoms with Crippen LogP contribution in [0.5, 0.6) is 5.19 Å². The van der Waals surface area contributed by atoms with E-state index < -0.39 is 38.4 Å². The van der Waals surface area contributed by atoms with Crippen LogP contribution in [-0.4, -0.2) is 43.9 Å². The molecule has 0 aliphatic carbocycles. The van der Waals surface area contributed by atoms with Crippen LogP contribution in [0.3, 0.4) is 0 Å². The van der Waals surface area contributed by atoms with Gasteiger partial charge in [0.15, 0.2) is 6.61 Å². The van der Waals surface area contributed by atoms with Crippen molar-refractivity contribution in [3.05, 3.63) is 35.3 Å². The molecule has 0 saturated heterocycles. The molecular weight excluding hydrogens is 376 g/mol. The molecule has 1 amide bonds. The molecule has 0 bridgehead atoms. The molecule has 0 radical (unpaired) electrons. The minimum absolute atomic E-state index is 0.287. The lowest BCUT2D eigenvalue weighted by molar-refractivity contribution is -0.120. The van der Waals surface area contributed by atoms with Crippen LogP contribution in [-0.2, 0) is 19.9 Å². The van der Waals surface area contributed by atoms with Crippen molar-refractivity contribution in [2.45, 2.75) is 12.2 Å². The fourth-order valence-corrected chi connectivity index (χ4v) is 3.46. The van der Waals surface area contributed by atoms with E-state index in [0.29, 0.717) is 5.69 Å². The molecule has 0 fully saturated rings. The zero-order chi connectivity index (χ0) is 18.7. The topological polar surface area (TPSA) is 89.5 Å². The number of carbonyl (C=O) groups is 1. The number of anilines is 1. The average Bonchev–Trinajstić information content (AvgIpc) is 3.09. The summed E-state index contributed by atoms with van der Waals surface area (Å²) in [5, 5.41) is 1.09. The fourth-order valence-electron chi connectivity index (χ4n) is 1.72. The molecular formula is C14H15F2N3O4S2. The number of likely N-dealkylation sites (N-methyl/N-ethyl adjacent to an activating group) is 1. The van der Waals surface area contributed by atoms with Crippen LogP contribution in [0, 0.1) is 0 Å². The van der Waals surface area contributed by atoms with E-state index in [1.165, 1.54) is 11.9 Å². The number of benzene rings is 1. The molecule has 0 saturated carbocycles. The van der Waals surface area contributed by atoms with Gasteiger partial charge in [-0.2, -0.15) is 8.78 Å². The van der Waals surface area contributed by atoms with Crippen LogP contribution in [0.15, 0.2) is 30.3 Å². The van der Waals surface area contributed by atoms with Crippen LogP contribution in [0.1, 0.15) is 11.9 Å². The van der Waals surface area contributed by atoms with Crippen LogP contribution in [0.25, 0.3) is 0 Å². The number of sulfone groups is 1. The fraction of sp³-hybridized carbons (Fsp3) is 0.357. The maximum Gasteiger partial charge on any atom is 0.398 e. The Morgan fingerprint density at radius 1 is 1.28 bits per heavy atom. The summed E-state index contributed by atoms with van der Waals surface area (Å²) in [6, 6.07) is 8.75. The summed E-state index contributed by atoms with van der Waals surface area (Å²) >= 11 is 0.287. The van der Waals surface area contributed by atoms with Crippen LogP contribution in [0.4, 0.5) is 14.5 Å². The quantitative estimate of drug-likeness (QED) is 0.718. The number of rotatable bonds is 7. The van der Waals surface area contributed by atoms with E-state index in [4.69, 9.17) is 4.74 Å². The number of nitrogens with zero attached hydrogens (tertiary/aromatic N) is 3. The van der Waals surface area contributed by atoms with Gasteiger partial charge in [0.25, 0.3) is 11.1 Å². The van der Waals surface area contributed by atoms with Crippen molar-refractivity contribution >= 4 is 32.8 Å². The predicted molar refractivity (Wildman–Crippen MR) is 88.6 cm³/mol. The molecule has 25 heavy (non-hydrogen) atoms. The van der Waals surface area contributed by atoms with Gasteiger partial charge in [-0.25, -0.2) is 8.42 Å². The second-order valence-corrected chi connectivity index (χ2v) is 8.13. The standard InChI is InChI=1S/C14H15F2N3O4S2/c1-3-25(21,22)14(15,16)12-17-18-13(24-12)23-9-11(20)19(2)10-7-5-4-6-8-10/h4-8H,3,9H2,1-2H3. The van der Waals surface area contributed by atoms with Gasteiger partial charge in [0.05, 0.1) is 5.75 Å². The van der Waals surface area contributed by atoms with Crippen molar-refractivity contribution in [1.29, 1.82) is 0 Å². The summed E-state index contributed by atoms with van der Waals surface area (Å²) in [4.78, 5) is 13.4. The summed E-state index contributed by atoms with van der Waals surface area (Å²) in [6.45, 7) is 0.659. The van der Waals surface area contributed by atoms with Gasteiger partial charge in [-0.1, -0.05) is 41.6 Å². The lowest BCUT2D eigenvalue weighted by Crippen LogP contribution is -2.31. The molecule has 0 spiro atoms. The summed E-state index contributed by atoms with van der Waals surface area (Å²) in [5.41, 5.74) is 0.634. The van der Waals surface area contributed by atoms with Gasteiger partial charge in [-0.05, 0) is 12.1 Å². The zero-order valence-electron chi connectivity index (χ0n) is 13.3. The van der Waals surface area contributed by atoms with E-state index in [9.17, 15) is 22.0 Å². The number of carbonyl (C=O) groups excluding carboxylic acids is 1. The first-order valence-electron chi connectivity index (χ1n) is 7.07. The highest BCUT2D eigenvalue weighted by atomic mass is 32.2. The molecule has 1 aromatic carbocycles. The van der Waals surface area contributed by atoms with Gasteiger partial charge in [0.2, 0.25) is 14.8 Å². The third kappa shape index (κ3) is 4.10. The number of amides is 1. The third-order valence-electron chi connectivity index (χ3n) is 3.26. The second-order valence-electron chi connectivity index (χ2n) is 4.87. The largest absolute Gasteiger partial charge is 0.459 e. The minimum Gasteiger partial charge on any atom is -0.459 e. The molecule has 0 aliphatic rings. The Balaban J connectivity index is 2.04. The van der Waals surface area contributed by atoms with Crippen LogP contribution >= 0.6 is 11.3 Å². The van der Waals surface area contributed by atoms with Crippen molar-refractivity contribution < 1.29 is 26.7 Å². The summed E-state index contributed by atoms with van der Waals surface area (Å²) in [6.07, 6.45) is 0. The Morgan fingerprint density at radius 3 is 2.52 bits per heavy atom. The summed E-state index contributed by atoms with van der Waals surface area (Å²) in [5.74, 6) is -1.17. The first kappa shape index (κ1) is 19.2. The van der Waals surface area contributed by atoms with Crippen molar-refractivity contribution in [3.8, 4) is 5.19 Å². The molecule has 2 rings (SSSR count). The minimum atomic E-state index is -4.67. The van der Waals surface area contributed by atoms with Gasteiger partial charge in [-0.3, -0.25) is 4.79 Å². The predicted octanol–water partition coefficient (Wildman–Crippen LogP) is 2.06. The van der Waals surface area contributed by atoms with E-state index in [-0.39, 0.29) is 16.5 Å². The summed E-state index contributed by atoms with van der Waals surface area (Å²) < 4.78 is 55.7. The third-order valence-corrected chi connectivity index (χ3v) is 6.03. The highest BCUT2D eigenvalue weighted by molar-refractivity contribution is 7.92. The molecule has 0 aliphatic heterocycles. The number of ether oxygens (including phenoxy) is 1. The SMILES string of the molecule is CCS(=O)(=O)C(F)(F)c1nnc(OCC(=O)N(C)c2ccccc2)s1. The normalized spacial score (nSPS) is 12.0.